The van der Waals surface area contributed by atoms with Gasteiger partial charge in [0.05, 0.1) is 34.2 Å². The van der Waals surface area contributed by atoms with Gasteiger partial charge in [0, 0.05) is 0 Å². The molecular weight excluding hydrogens is 370 g/mol. The van der Waals surface area contributed by atoms with Crippen LogP contribution >= 0.6 is 11.3 Å². The van der Waals surface area contributed by atoms with E-state index >= 15 is 0 Å². The average Bonchev–Trinajstić information content (AvgIpc) is 3.41. The van der Waals surface area contributed by atoms with Gasteiger partial charge in [0.1, 0.15) is 0 Å². The van der Waals surface area contributed by atoms with E-state index in [9.17, 15) is 4.79 Å². The fourth-order valence-corrected chi connectivity index (χ4v) is 3.85. The number of hydrogen-bond acceptors (Lipinski definition) is 4. The first-order valence-corrected chi connectivity index (χ1v) is 9.90. The minimum atomic E-state index is -0.249. The summed E-state index contributed by atoms with van der Waals surface area (Å²) in [6.07, 6.45) is 0. The first kappa shape index (κ1) is 18.2. The van der Waals surface area contributed by atoms with Crippen molar-refractivity contribution in [3.8, 4) is 10.6 Å². The summed E-state index contributed by atoms with van der Waals surface area (Å²) in [7, 11) is 0. The number of amides is 1. The Bertz CT molecular complexity index is 1120. The molecule has 28 heavy (non-hydrogen) atoms. The van der Waals surface area contributed by atoms with Gasteiger partial charge < -0.3 is 5.32 Å². The fraction of sp³-hybridized carbons (Fsp3) is 0.190. The van der Waals surface area contributed by atoms with Crippen LogP contribution in [0.1, 0.15) is 33.0 Å². The lowest BCUT2D eigenvalue weighted by molar-refractivity contribution is 0.102. The summed E-state index contributed by atoms with van der Waals surface area (Å²) in [4.78, 5) is 13.7. The van der Waals surface area contributed by atoms with Crippen LogP contribution in [0.3, 0.4) is 0 Å². The molecule has 2 N–H and O–H groups in total. The second kappa shape index (κ2) is 7.44. The molecule has 0 radical (unpaired) electrons. The minimum absolute atomic E-state index is 0.249. The number of aryl methyl sites for hydroxylation is 2. The lowest BCUT2D eigenvalue weighted by atomic mass is 10.1. The van der Waals surface area contributed by atoms with Crippen LogP contribution in [0.15, 0.2) is 47.8 Å². The zero-order valence-electron chi connectivity index (χ0n) is 16.0. The van der Waals surface area contributed by atoms with Crippen LogP contribution in [0.5, 0.6) is 0 Å². The molecule has 1 amide bonds. The number of aromatic nitrogens is 4. The molecule has 0 unspecified atom stereocenters. The molecule has 0 aliphatic rings. The molecule has 0 spiro atoms. The Morgan fingerprint density at radius 2 is 2.00 bits per heavy atom. The van der Waals surface area contributed by atoms with E-state index in [4.69, 9.17) is 0 Å². The van der Waals surface area contributed by atoms with Gasteiger partial charge >= 0.3 is 0 Å². The van der Waals surface area contributed by atoms with Crippen molar-refractivity contribution in [1.29, 1.82) is 0 Å². The molecule has 3 aromatic heterocycles. The van der Waals surface area contributed by atoms with Gasteiger partial charge in [-0.25, -0.2) is 0 Å². The number of aromatic amines is 1. The number of rotatable bonds is 5. The number of carbonyl (C=O) groups is 1. The van der Waals surface area contributed by atoms with Gasteiger partial charge in [-0.05, 0) is 49.4 Å². The molecule has 6 nitrogen and oxygen atoms in total. The van der Waals surface area contributed by atoms with Gasteiger partial charge in [-0.2, -0.15) is 10.2 Å². The van der Waals surface area contributed by atoms with Crippen molar-refractivity contribution in [3.63, 3.8) is 0 Å². The fourth-order valence-electron chi connectivity index (χ4n) is 3.15. The Balaban J connectivity index is 1.54. The molecule has 0 aliphatic heterocycles. The summed E-state index contributed by atoms with van der Waals surface area (Å²) in [6, 6.07) is 14.0. The maximum absolute atomic E-state index is 12.7. The molecule has 7 heteroatoms. The van der Waals surface area contributed by atoms with E-state index in [1.807, 2.05) is 48.2 Å². The molecular formula is C21H21N5OS. The van der Waals surface area contributed by atoms with Gasteiger partial charge in [-0.3, -0.25) is 14.6 Å². The Morgan fingerprint density at radius 1 is 1.18 bits per heavy atom. The Kier molecular flexibility index (Phi) is 4.83. The summed E-state index contributed by atoms with van der Waals surface area (Å²) in [6.45, 7) is 6.63. The zero-order chi connectivity index (χ0) is 19.7. The van der Waals surface area contributed by atoms with Gasteiger partial charge in [0.2, 0.25) is 0 Å². The second-order valence-corrected chi connectivity index (χ2v) is 7.68. The monoisotopic (exact) mass is 391 g/mol. The molecule has 0 fully saturated rings. The predicted octanol–water partition coefficient (Wildman–Crippen LogP) is 4.56. The largest absolute Gasteiger partial charge is 0.317 e. The van der Waals surface area contributed by atoms with Gasteiger partial charge in [0.15, 0.2) is 5.69 Å². The van der Waals surface area contributed by atoms with Crippen molar-refractivity contribution < 1.29 is 4.79 Å². The lowest BCUT2D eigenvalue weighted by Crippen LogP contribution is -2.14. The highest BCUT2D eigenvalue weighted by Gasteiger charge is 2.18. The molecule has 0 bridgehead atoms. The number of H-pyrrole nitrogens is 1. The van der Waals surface area contributed by atoms with E-state index in [-0.39, 0.29) is 5.91 Å². The summed E-state index contributed by atoms with van der Waals surface area (Å²) in [5.41, 5.74) is 6.06. The van der Waals surface area contributed by atoms with Crippen LogP contribution in [-0.4, -0.2) is 25.9 Å². The highest BCUT2D eigenvalue weighted by atomic mass is 32.1. The van der Waals surface area contributed by atoms with Crippen LogP contribution in [0.4, 0.5) is 5.69 Å². The van der Waals surface area contributed by atoms with Crippen molar-refractivity contribution >= 4 is 22.9 Å². The maximum atomic E-state index is 12.7. The van der Waals surface area contributed by atoms with Crippen LogP contribution in [0.2, 0.25) is 0 Å². The highest BCUT2D eigenvalue weighted by Crippen LogP contribution is 2.25. The van der Waals surface area contributed by atoms with Crippen molar-refractivity contribution in [2.45, 2.75) is 27.3 Å². The molecule has 0 saturated carbocycles. The molecule has 4 rings (SSSR count). The molecule has 142 valence electrons. The van der Waals surface area contributed by atoms with E-state index in [1.165, 1.54) is 11.1 Å². The normalized spacial score (nSPS) is 11.0. The quantitative estimate of drug-likeness (QED) is 0.524. The first-order valence-electron chi connectivity index (χ1n) is 9.02. The highest BCUT2D eigenvalue weighted by molar-refractivity contribution is 7.13. The predicted molar refractivity (Wildman–Crippen MR) is 112 cm³/mol. The summed E-state index contributed by atoms with van der Waals surface area (Å²) in [5, 5.41) is 16.7. The SMILES string of the molecule is Cc1ccccc1Cn1nc(C)c(NC(=O)c2cc(-c3cccs3)[nH]n2)c1C. The van der Waals surface area contributed by atoms with Crippen LogP contribution in [0.25, 0.3) is 10.6 Å². The number of benzene rings is 1. The van der Waals surface area contributed by atoms with Crippen molar-refractivity contribution in [1.82, 2.24) is 20.0 Å². The third kappa shape index (κ3) is 3.48. The summed E-state index contributed by atoms with van der Waals surface area (Å²) < 4.78 is 1.93. The molecule has 0 aliphatic carbocycles. The number of nitrogens with one attached hydrogen (secondary N) is 2. The second-order valence-electron chi connectivity index (χ2n) is 6.73. The third-order valence-electron chi connectivity index (χ3n) is 4.80. The lowest BCUT2D eigenvalue weighted by Gasteiger charge is -2.08. The van der Waals surface area contributed by atoms with E-state index in [1.54, 1.807) is 17.4 Å². The molecule has 0 saturated heterocycles. The van der Waals surface area contributed by atoms with Crippen molar-refractivity contribution in [3.05, 3.63) is 76.1 Å². The van der Waals surface area contributed by atoms with Crippen LogP contribution in [0, 0.1) is 20.8 Å². The number of nitrogens with zero attached hydrogens (tertiary/aromatic N) is 3. The summed E-state index contributed by atoms with van der Waals surface area (Å²) >= 11 is 1.60. The zero-order valence-corrected chi connectivity index (χ0v) is 16.8. The topological polar surface area (TPSA) is 75.6 Å². The van der Waals surface area contributed by atoms with Gasteiger partial charge in [-0.15, -0.1) is 11.3 Å². The third-order valence-corrected chi connectivity index (χ3v) is 5.70. The maximum Gasteiger partial charge on any atom is 0.276 e. The number of hydrogen-bond donors (Lipinski definition) is 2. The Hall–Kier alpha value is -3.19. The molecule has 1 aromatic carbocycles. The van der Waals surface area contributed by atoms with E-state index in [0.29, 0.717) is 12.2 Å². The summed E-state index contributed by atoms with van der Waals surface area (Å²) in [5.74, 6) is -0.249. The first-order chi connectivity index (χ1) is 13.5. The number of thiophene rings is 1. The minimum Gasteiger partial charge on any atom is -0.317 e. The average molecular weight is 392 g/mol. The smallest absolute Gasteiger partial charge is 0.276 e. The van der Waals surface area contributed by atoms with Gasteiger partial charge in [-0.1, -0.05) is 30.3 Å². The Morgan fingerprint density at radius 3 is 2.75 bits per heavy atom. The van der Waals surface area contributed by atoms with Crippen LogP contribution < -0.4 is 5.32 Å². The number of anilines is 1. The van der Waals surface area contributed by atoms with E-state index in [0.717, 1.165) is 27.6 Å². The van der Waals surface area contributed by atoms with E-state index < -0.39 is 0 Å². The Labute approximate surface area is 167 Å². The standard InChI is InChI=1S/C21H21N5OS/c1-13-7-4-5-8-16(13)12-26-15(3)20(14(2)25-26)22-21(27)18-11-17(23-24-18)19-9-6-10-28-19/h4-11H,12H2,1-3H3,(H,22,27)(H,23,24). The van der Waals surface area contributed by atoms with Gasteiger partial charge in [0.25, 0.3) is 5.91 Å². The van der Waals surface area contributed by atoms with Crippen LogP contribution in [-0.2, 0) is 6.54 Å². The van der Waals surface area contributed by atoms with E-state index in [2.05, 4.69) is 39.7 Å². The van der Waals surface area contributed by atoms with Crippen molar-refractivity contribution in [2.24, 2.45) is 0 Å². The van der Waals surface area contributed by atoms with Crippen molar-refractivity contribution in [2.75, 3.05) is 5.32 Å². The molecule has 4 aromatic rings. The molecule has 3 heterocycles. The number of carbonyl (C=O) groups excluding carboxylic acids is 1. The molecule has 0 atom stereocenters.